The maximum Gasteiger partial charge on any atom is 0.261 e. The number of methoxy groups -OCH3 is 1. The van der Waals surface area contributed by atoms with Gasteiger partial charge >= 0.3 is 0 Å². The SMILES string of the molecule is CNC(=O)[C@@H](C)N(Cc1ccc(OC)cc1)C(=O)COc1cc(C)c(Br)c(C)c1. The number of amides is 2. The maximum atomic E-state index is 12.9. The quantitative estimate of drug-likeness (QED) is 0.650. The minimum Gasteiger partial charge on any atom is -0.497 e. The number of hydrogen-bond donors (Lipinski definition) is 1. The van der Waals surface area contributed by atoms with Crippen molar-refractivity contribution in [2.75, 3.05) is 20.8 Å². The van der Waals surface area contributed by atoms with Gasteiger partial charge in [-0.1, -0.05) is 28.1 Å². The standard InChI is InChI=1S/C22H27BrN2O4/c1-14-10-19(11-15(2)21(14)23)29-13-20(26)25(16(3)22(27)24-4)12-17-6-8-18(28-5)9-7-17/h6-11,16H,12-13H2,1-5H3,(H,24,27)/t16-/m1/s1. The summed E-state index contributed by atoms with van der Waals surface area (Å²) in [5.41, 5.74) is 2.95. The van der Waals surface area contributed by atoms with Gasteiger partial charge in [0.25, 0.3) is 5.91 Å². The van der Waals surface area contributed by atoms with Crippen molar-refractivity contribution in [3.05, 3.63) is 57.6 Å². The fraction of sp³-hybridized carbons (Fsp3) is 0.364. The highest BCUT2D eigenvalue weighted by molar-refractivity contribution is 9.10. The molecule has 0 radical (unpaired) electrons. The molecule has 0 unspecified atom stereocenters. The molecular formula is C22H27BrN2O4. The average Bonchev–Trinajstić information content (AvgIpc) is 2.73. The van der Waals surface area contributed by atoms with Gasteiger partial charge in [-0.2, -0.15) is 0 Å². The Balaban J connectivity index is 2.16. The van der Waals surface area contributed by atoms with Crippen LogP contribution in [-0.4, -0.2) is 43.5 Å². The molecule has 0 fully saturated rings. The first-order chi connectivity index (χ1) is 13.8. The Morgan fingerprint density at radius 2 is 1.69 bits per heavy atom. The molecule has 156 valence electrons. The van der Waals surface area contributed by atoms with Crippen molar-refractivity contribution in [3.63, 3.8) is 0 Å². The summed E-state index contributed by atoms with van der Waals surface area (Å²) in [5, 5.41) is 2.60. The molecule has 2 amide bonds. The van der Waals surface area contributed by atoms with Crippen molar-refractivity contribution in [2.45, 2.75) is 33.4 Å². The lowest BCUT2D eigenvalue weighted by molar-refractivity contribution is -0.142. The molecule has 0 bridgehead atoms. The summed E-state index contributed by atoms with van der Waals surface area (Å²) in [7, 11) is 3.15. The third-order valence-corrected chi connectivity index (χ3v) is 5.95. The summed E-state index contributed by atoms with van der Waals surface area (Å²) in [4.78, 5) is 26.6. The lowest BCUT2D eigenvalue weighted by atomic mass is 10.1. The number of nitrogens with zero attached hydrogens (tertiary/aromatic N) is 1. The number of ether oxygens (including phenoxy) is 2. The van der Waals surface area contributed by atoms with E-state index in [0.29, 0.717) is 12.3 Å². The second-order valence-corrected chi connectivity index (χ2v) is 7.61. The van der Waals surface area contributed by atoms with Crippen molar-refractivity contribution >= 4 is 27.7 Å². The van der Waals surface area contributed by atoms with E-state index in [1.165, 1.54) is 4.90 Å². The van der Waals surface area contributed by atoms with Crippen LogP contribution in [0, 0.1) is 13.8 Å². The molecule has 0 heterocycles. The van der Waals surface area contributed by atoms with E-state index in [2.05, 4.69) is 21.2 Å². The van der Waals surface area contributed by atoms with Crippen molar-refractivity contribution in [1.29, 1.82) is 0 Å². The van der Waals surface area contributed by atoms with Crippen LogP contribution < -0.4 is 14.8 Å². The zero-order chi connectivity index (χ0) is 21.6. The predicted octanol–water partition coefficient (Wildman–Crippen LogP) is 3.62. The van der Waals surface area contributed by atoms with Gasteiger partial charge in [-0.05, 0) is 61.7 Å². The van der Waals surface area contributed by atoms with Crippen LogP contribution in [0.3, 0.4) is 0 Å². The highest BCUT2D eigenvalue weighted by Crippen LogP contribution is 2.26. The largest absolute Gasteiger partial charge is 0.497 e. The average molecular weight is 463 g/mol. The Bertz CT molecular complexity index is 845. The fourth-order valence-electron chi connectivity index (χ4n) is 2.94. The van der Waals surface area contributed by atoms with Gasteiger partial charge in [0.2, 0.25) is 5.91 Å². The summed E-state index contributed by atoms with van der Waals surface area (Å²) in [6.45, 7) is 5.77. The monoisotopic (exact) mass is 462 g/mol. The molecule has 0 spiro atoms. The van der Waals surface area contributed by atoms with Crippen LogP contribution >= 0.6 is 15.9 Å². The lowest BCUT2D eigenvalue weighted by Gasteiger charge is -2.28. The first-order valence-electron chi connectivity index (χ1n) is 9.30. The fourth-order valence-corrected chi connectivity index (χ4v) is 3.17. The zero-order valence-corrected chi connectivity index (χ0v) is 19.0. The normalized spacial score (nSPS) is 11.5. The van der Waals surface area contributed by atoms with Gasteiger partial charge in [-0.15, -0.1) is 0 Å². The van der Waals surface area contributed by atoms with Gasteiger partial charge in [-0.3, -0.25) is 9.59 Å². The second-order valence-electron chi connectivity index (χ2n) is 6.82. The Labute approximate surface area is 180 Å². The number of halogens is 1. The van der Waals surface area contributed by atoms with Gasteiger partial charge in [0.05, 0.1) is 7.11 Å². The summed E-state index contributed by atoms with van der Waals surface area (Å²) < 4.78 is 11.9. The molecule has 2 aromatic rings. The molecule has 2 rings (SSSR count). The highest BCUT2D eigenvalue weighted by atomic mass is 79.9. The smallest absolute Gasteiger partial charge is 0.261 e. The van der Waals surface area contributed by atoms with E-state index < -0.39 is 6.04 Å². The molecule has 0 aliphatic rings. The molecule has 0 saturated carbocycles. The first kappa shape index (κ1) is 22.7. The molecule has 0 saturated heterocycles. The van der Waals surface area contributed by atoms with Crippen LogP contribution in [0.5, 0.6) is 11.5 Å². The van der Waals surface area contributed by atoms with Crippen molar-refractivity contribution < 1.29 is 19.1 Å². The van der Waals surface area contributed by atoms with E-state index in [1.807, 2.05) is 50.2 Å². The van der Waals surface area contributed by atoms with E-state index in [1.54, 1.807) is 21.1 Å². The Morgan fingerprint density at radius 1 is 1.10 bits per heavy atom. The molecule has 0 aromatic heterocycles. The van der Waals surface area contributed by atoms with Gasteiger partial charge in [0.15, 0.2) is 6.61 Å². The number of likely N-dealkylation sites (N-methyl/N-ethyl adjacent to an activating group) is 1. The molecule has 0 aliphatic carbocycles. The van der Waals surface area contributed by atoms with Crippen LogP contribution in [0.2, 0.25) is 0 Å². The number of benzene rings is 2. The molecule has 29 heavy (non-hydrogen) atoms. The molecule has 2 aromatic carbocycles. The van der Waals surface area contributed by atoms with E-state index in [9.17, 15) is 9.59 Å². The molecular weight excluding hydrogens is 436 g/mol. The van der Waals surface area contributed by atoms with E-state index in [-0.39, 0.29) is 18.4 Å². The summed E-state index contributed by atoms with van der Waals surface area (Å²) in [5.74, 6) is 0.848. The first-order valence-corrected chi connectivity index (χ1v) is 10.1. The van der Waals surface area contributed by atoms with Gasteiger partial charge in [-0.25, -0.2) is 0 Å². The number of hydrogen-bond acceptors (Lipinski definition) is 4. The molecule has 6 nitrogen and oxygen atoms in total. The number of nitrogens with one attached hydrogen (secondary N) is 1. The van der Waals surface area contributed by atoms with Crippen molar-refractivity contribution in [1.82, 2.24) is 10.2 Å². The van der Waals surface area contributed by atoms with Crippen LogP contribution in [0.1, 0.15) is 23.6 Å². The number of carbonyl (C=O) groups is 2. The highest BCUT2D eigenvalue weighted by Gasteiger charge is 2.26. The van der Waals surface area contributed by atoms with Gasteiger partial charge in [0, 0.05) is 18.1 Å². The predicted molar refractivity (Wildman–Crippen MR) is 116 cm³/mol. The molecule has 1 N–H and O–H groups in total. The van der Waals surface area contributed by atoms with Gasteiger partial charge in [0.1, 0.15) is 17.5 Å². The van der Waals surface area contributed by atoms with E-state index in [4.69, 9.17) is 9.47 Å². The second kappa shape index (κ2) is 10.3. The maximum absolute atomic E-state index is 12.9. The zero-order valence-electron chi connectivity index (χ0n) is 17.4. The van der Waals surface area contributed by atoms with Crippen molar-refractivity contribution in [2.24, 2.45) is 0 Å². The number of aryl methyl sites for hydroxylation is 2. The number of rotatable bonds is 8. The van der Waals surface area contributed by atoms with E-state index in [0.717, 1.165) is 26.9 Å². The molecule has 1 atom stereocenters. The van der Waals surface area contributed by atoms with Crippen LogP contribution in [0.25, 0.3) is 0 Å². The van der Waals surface area contributed by atoms with Crippen molar-refractivity contribution in [3.8, 4) is 11.5 Å². The van der Waals surface area contributed by atoms with E-state index >= 15 is 0 Å². The third-order valence-electron chi connectivity index (χ3n) is 4.70. The Kier molecular flexibility index (Phi) is 8.08. The topological polar surface area (TPSA) is 67.9 Å². The Morgan fingerprint density at radius 3 is 2.21 bits per heavy atom. The Hall–Kier alpha value is -2.54. The molecule has 7 heteroatoms. The number of carbonyl (C=O) groups excluding carboxylic acids is 2. The van der Waals surface area contributed by atoms with Crippen LogP contribution in [0.15, 0.2) is 40.9 Å². The summed E-state index contributed by atoms with van der Waals surface area (Å²) >= 11 is 3.52. The van der Waals surface area contributed by atoms with Crippen LogP contribution in [-0.2, 0) is 16.1 Å². The van der Waals surface area contributed by atoms with Gasteiger partial charge < -0.3 is 19.7 Å². The molecule has 0 aliphatic heterocycles. The van der Waals surface area contributed by atoms with Crippen LogP contribution in [0.4, 0.5) is 0 Å². The third kappa shape index (κ3) is 5.97. The summed E-state index contributed by atoms with van der Waals surface area (Å²) in [6.07, 6.45) is 0. The summed E-state index contributed by atoms with van der Waals surface area (Å²) in [6, 6.07) is 10.5. The minimum atomic E-state index is -0.633. The lowest BCUT2D eigenvalue weighted by Crippen LogP contribution is -2.48. The minimum absolute atomic E-state index is 0.155.